The minimum atomic E-state index is -1.15. The summed E-state index contributed by atoms with van der Waals surface area (Å²) in [6, 6.07) is 6.18. The highest BCUT2D eigenvalue weighted by molar-refractivity contribution is 7.16. The lowest BCUT2D eigenvalue weighted by molar-refractivity contribution is -0.140. The molecule has 1 unspecified atom stereocenters. The number of carboxylic acids is 1. The SMILES string of the molecule is COCC(NC(=O)c1cnc(-c2ccc(OC)cc2)s1)C(=O)O. The van der Waals surface area contributed by atoms with Crippen molar-refractivity contribution in [2.75, 3.05) is 20.8 Å². The van der Waals surface area contributed by atoms with Gasteiger partial charge in [-0.3, -0.25) is 4.79 Å². The average Bonchev–Trinajstić information content (AvgIpc) is 3.04. The molecule has 1 atom stereocenters. The molecule has 0 saturated carbocycles. The Kier molecular flexibility index (Phi) is 5.67. The van der Waals surface area contributed by atoms with Crippen LogP contribution in [0.15, 0.2) is 30.5 Å². The molecule has 0 spiro atoms. The minimum Gasteiger partial charge on any atom is -0.497 e. The number of benzene rings is 1. The minimum absolute atomic E-state index is 0.106. The number of amides is 1. The number of nitrogens with zero attached hydrogens (tertiary/aromatic N) is 1. The third-order valence-corrected chi connectivity index (χ3v) is 4.05. The van der Waals surface area contributed by atoms with E-state index in [-0.39, 0.29) is 6.61 Å². The molecule has 23 heavy (non-hydrogen) atoms. The number of carbonyl (C=O) groups is 2. The van der Waals surface area contributed by atoms with Gasteiger partial charge in [0.15, 0.2) is 6.04 Å². The van der Waals surface area contributed by atoms with Crippen LogP contribution in [0.1, 0.15) is 9.67 Å². The van der Waals surface area contributed by atoms with Crippen molar-refractivity contribution in [3.05, 3.63) is 35.3 Å². The molecule has 0 bridgehead atoms. The standard InChI is InChI=1S/C15H16N2O5S/c1-21-8-11(15(19)20)17-13(18)12-7-16-14(23-12)9-3-5-10(22-2)6-4-9/h3-7,11H,8H2,1-2H3,(H,17,18)(H,19,20). The van der Waals surface area contributed by atoms with Gasteiger partial charge in [0.1, 0.15) is 15.6 Å². The Morgan fingerprint density at radius 3 is 2.57 bits per heavy atom. The fourth-order valence-electron chi connectivity index (χ4n) is 1.82. The summed E-state index contributed by atoms with van der Waals surface area (Å²) in [5, 5.41) is 12.1. The van der Waals surface area contributed by atoms with Crippen molar-refractivity contribution < 1.29 is 24.2 Å². The van der Waals surface area contributed by atoms with E-state index in [4.69, 9.17) is 14.6 Å². The summed E-state index contributed by atoms with van der Waals surface area (Å²) in [6.07, 6.45) is 1.42. The summed E-state index contributed by atoms with van der Waals surface area (Å²) in [4.78, 5) is 27.7. The number of carbonyl (C=O) groups excluding carboxylic acids is 1. The lowest BCUT2D eigenvalue weighted by Gasteiger charge is -2.12. The van der Waals surface area contributed by atoms with Crippen molar-refractivity contribution in [3.8, 4) is 16.3 Å². The van der Waals surface area contributed by atoms with E-state index in [0.717, 1.165) is 11.3 Å². The van der Waals surface area contributed by atoms with Crippen LogP contribution in [0.3, 0.4) is 0 Å². The summed E-state index contributed by atoms with van der Waals surface area (Å²) >= 11 is 1.18. The van der Waals surface area contributed by atoms with E-state index in [9.17, 15) is 9.59 Å². The Bertz CT molecular complexity index is 683. The van der Waals surface area contributed by atoms with Gasteiger partial charge in [-0.1, -0.05) is 0 Å². The van der Waals surface area contributed by atoms with E-state index in [1.54, 1.807) is 19.2 Å². The summed E-state index contributed by atoms with van der Waals surface area (Å²) in [7, 11) is 2.95. The predicted molar refractivity (Wildman–Crippen MR) is 84.9 cm³/mol. The number of carboxylic acid groups (broad SMARTS) is 1. The van der Waals surface area contributed by atoms with Crippen molar-refractivity contribution in [2.45, 2.75) is 6.04 Å². The third-order valence-electron chi connectivity index (χ3n) is 3.00. The molecule has 2 aromatic rings. The Morgan fingerprint density at radius 2 is 2.00 bits per heavy atom. The first-order valence-corrected chi connectivity index (χ1v) is 7.49. The first-order valence-electron chi connectivity index (χ1n) is 6.68. The van der Waals surface area contributed by atoms with Crippen LogP contribution in [0.2, 0.25) is 0 Å². The second-order valence-corrected chi connectivity index (χ2v) is 5.61. The van der Waals surface area contributed by atoms with E-state index in [1.807, 2.05) is 12.1 Å². The van der Waals surface area contributed by atoms with Gasteiger partial charge in [-0.25, -0.2) is 9.78 Å². The molecule has 0 saturated heterocycles. The zero-order valence-corrected chi connectivity index (χ0v) is 13.4. The smallest absolute Gasteiger partial charge is 0.328 e. The van der Waals surface area contributed by atoms with Gasteiger partial charge in [-0.05, 0) is 24.3 Å². The van der Waals surface area contributed by atoms with Crippen LogP contribution >= 0.6 is 11.3 Å². The number of nitrogens with one attached hydrogen (secondary N) is 1. The molecular weight excluding hydrogens is 320 g/mol. The molecule has 2 rings (SSSR count). The third kappa shape index (κ3) is 4.27. The maximum atomic E-state index is 12.1. The monoisotopic (exact) mass is 336 g/mol. The largest absolute Gasteiger partial charge is 0.497 e. The zero-order valence-electron chi connectivity index (χ0n) is 12.6. The van der Waals surface area contributed by atoms with E-state index >= 15 is 0 Å². The second kappa shape index (κ2) is 7.70. The Morgan fingerprint density at radius 1 is 1.30 bits per heavy atom. The number of thiazole rings is 1. The van der Waals surface area contributed by atoms with Gasteiger partial charge in [0, 0.05) is 12.7 Å². The highest BCUT2D eigenvalue weighted by atomic mass is 32.1. The zero-order chi connectivity index (χ0) is 16.8. The Hall–Kier alpha value is -2.45. The summed E-state index contributed by atoms with van der Waals surface area (Å²) in [5.41, 5.74) is 0.849. The lowest BCUT2D eigenvalue weighted by atomic mass is 10.2. The average molecular weight is 336 g/mol. The van der Waals surface area contributed by atoms with Crippen molar-refractivity contribution in [3.63, 3.8) is 0 Å². The number of aliphatic carboxylic acids is 1. The van der Waals surface area contributed by atoms with Gasteiger partial charge in [0.05, 0.1) is 19.9 Å². The predicted octanol–water partition coefficient (Wildman–Crippen LogP) is 1.65. The molecule has 8 heteroatoms. The molecule has 7 nitrogen and oxygen atoms in total. The number of hydrogen-bond donors (Lipinski definition) is 2. The van der Waals surface area contributed by atoms with E-state index in [2.05, 4.69) is 10.3 Å². The van der Waals surface area contributed by atoms with Crippen molar-refractivity contribution in [1.82, 2.24) is 10.3 Å². The first kappa shape index (κ1) is 16.9. The van der Waals surface area contributed by atoms with Crippen molar-refractivity contribution in [2.24, 2.45) is 0 Å². The summed E-state index contributed by atoms with van der Waals surface area (Å²) in [6.45, 7) is -0.106. The fraction of sp³-hybridized carbons (Fsp3) is 0.267. The molecule has 0 aliphatic rings. The molecular formula is C15H16N2O5S. The summed E-state index contributed by atoms with van der Waals surface area (Å²) in [5.74, 6) is -0.918. The molecule has 1 aromatic heterocycles. The maximum absolute atomic E-state index is 12.1. The van der Waals surface area contributed by atoms with Crippen LogP contribution in [-0.4, -0.2) is 48.8 Å². The van der Waals surface area contributed by atoms with Crippen molar-refractivity contribution >= 4 is 23.2 Å². The highest BCUT2D eigenvalue weighted by Crippen LogP contribution is 2.26. The molecule has 1 heterocycles. The maximum Gasteiger partial charge on any atom is 0.328 e. The van der Waals surface area contributed by atoms with Gasteiger partial charge >= 0.3 is 5.97 Å². The van der Waals surface area contributed by atoms with Crippen molar-refractivity contribution in [1.29, 1.82) is 0 Å². The topological polar surface area (TPSA) is 97.8 Å². The quantitative estimate of drug-likeness (QED) is 0.798. The normalized spacial score (nSPS) is 11.7. The van der Waals surface area contributed by atoms with E-state index in [1.165, 1.54) is 24.6 Å². The fourth-order valence-corrected chi connectivity index (χ4v) is 2.64. The van der Waals surface area contributed by atoms with Crippen LogP contribution < -0.4 is 10.1 Å². The Labute approximate surface area is 136 Å². The molecule has 0 aliphatic carbocycles. The number of methoxy groups -OCH3 is 2. The molecule has 1 amide bonds. The van der Waals surface area contributed by atoms with Gasteiger partial charge < -0.3 is 19.9 Å². The molecule has 2 N–H and O–H groups in total. The lowest BCUT2D eigenvalue weighted by Crippen LogP contribution is -2.43. The Balaban J connectivity index is 2.11. The first-order chi connectivity index (χ1) is 11.0. The molecule has 1 aromatic carbocycles. The molecule has 0 fully saturated rings. The van der Waals surface area contributed by atoms with Crippen LogP contribution in [0.25, 0.3) is 10.6 Å². The second-order valence-electron chi connectivity index (χ2n) is 4.58. The van der Waals surface area contributed by atoms with E-state index in [0.29, 0.717) is 9.88 Å². The summed E-state index contributed by atoms with van der Waals surface area (Å²) < 4.78 is 9.87. The van der Waals surface area contributed by atoms with Gasteiger partial charge in [0.2, 0.25) is 0 Å². The van der Waals surface area contributed by atoms with Crippen LogP contribution in [0.5, 0.6) is 5.75 Å². The van der Waals surface area contributed by atoms with E-state index < -0.39 is 17.9 Å². The number of hydrogen-bond acceptors (Lipinski definition) is 6. The molecule has 0 aliphatic heterocycles. The van der Waals surface area contributed by atoms with Gasteiger partial charge in [0.25, 0.3) is 5.91 Å². The van der Waals surface area contributed by atoms with Crippen LogP contribution in [-0.2, 0) is 9.53 Å². The van der Waals surface area contributed by atoms with Gasteiger partial charge in [-0.15, -0.1) is 11.3 Å². The van der Waals surface area contributed by atoms with Crippen LogP contribution in [0, 0.1) is 0 Å². The van der Waals surface area contributed by atoms with Gasteiger partial charge in [-0.2, -0.15) is 0 Å². The number of rotatable bonds is 7. The number of aromatic nitrogens is 1. The molecule has 0 radical (unpaired) electrons. The highest BCUT2D eigenvalue weighted by Gasteiger charge is 2.21. The molecule has 122 valence electrons. The number of ether oxygens (including phenoxy) is 2. The van der Waals surface area contributed by atoms with Crippen LogP contribution in [0.4, 0.5) is 0 Å².